The van der Waals surface area contributed by atoms with Crippen LogP contribution in [0.15, 0.2) is 67.0 Å². The van der Waals surface area contributed by atoms with Crippen LogP contribution in [0.5, 0.6) is 0 Å². The van der Waals surface area contributed by atoms with Gasteiger partial charge in [0.05, 0.1) is 11.3 Å². The summed E-state index contributed by atoms with van der Waals surface area (Å²) in [6, 6.07) is 16.3. The Morgan fingerprint density at radius 3 is 2.63 bits per heavy atom. The van der Waals surface area contributed by atoms with E-state index in [2.05, 4.69) is 10.4 Å². The first kappa shape index (κ1) is 17.0. The molecule has 2 aromatic carbocycles. The molecule has 1 amide bonds. The third-order valence-electron chi connectivity index (χ3n) is 4.39. The molecule has 0 atom stereocenters. The first-order valence-electron chi connectivity index (χ1n) is 8.86. The van der Waals surface area contributed by atoms with E-state index in [-0.39, 0.29) is 18.4 Å². The Hall–Kier alpha value is -3.41. The highest BCUT2D eigenvalue weighted by molar-refractivity contribution is 5.96. The Morgan fingerprint density at radius 1 is 1.11 bits per heavy atom. The fraction of sp³-hybridized carbons (Fsp3) is 0.190. The maximum atomic E-state index is 12.3. The lowest BCUT2D eigenvalue weighted by Crippen LogP contribution is -2.14. The SMILES string of the molecule is O=C(OCc1ccc(-n2cccn2)cc1)c1cccc(NC(=O)C2CC2)c1. The second kappa shape index (κ2) is 7.45. The molecule has 0 radical (unpaired) electrons. The Kier molecular flexibility index (Phi) is 4.70. The first-order chi connectivity index (χ1) is 13.2. The molecule has 136 valence electrons. The predicted octanol–water partition coefficient (Wildman–Crippen LogP) is 3.58. The van der Waals surface area contributed by atoms with Gasteiger partial charge in [-0.05, 0) is 54.8 Å². The number of carbonyl (C=O) groups excluding carboxylic acids is 2. The monoisotopic (exact) mass is 361 g/mol. The lowest BCUT2D eigenvalue weighted by Gasteiger charge is -2.08. The predicted molar refractivity (Wildman–Crippen MR) is 100 cm³/mol. The van der Waals surface area contributed by atoms with E-state index in [0.29, 0.717) is 11.3 Å². The fourth-order valence-corrected chi connectivity index (χ4v) is 2.71. The molecule has 1 saturated carbocycles. The van der Waals surface area contributed by atoms with E-state index in [1.165, 1.54) is 0 Å². The second-order valence-electron chi connectivity index (χ2n) is 6.54. The highest BCUT2D eigenvalue weighted by atomic mass is 16.5. The number of benzene rings is 2. The first-order valence-corrected chi connectivity index (χ1v) is 8.86. The molecular weight excluding hydrogens is 342 g/mol. The number of carbonyl (C=O) groups is 2. The van der Waals surface area contributed by atoms with Gasteiger partial charge in [-0.1, -0.05) is 18.2 Å². The van der Waals surface area contributed by atoms with Crippen LogP contribution < -0.4 is 5.32 Å². The zero-order valence-corrected chi connectivity index (χ0v) is 14.7. The van der Waals surface area contributed by atoms with E-state index < -0.39 is 5.97 Å². The summed E-state index contributed by atoms with van der Waals surface area (Å²) in [4.78, 5) is 24.2. The molecule has 6 heteroatoms. The van der Waals surface area contributed by atoms with Crippen molar-refractivity contribution < 1.29 is 14.3 Å². The van der Waals surface area contributed by atoms with Gasteiger partial charge in [0.1, 0.15) is 6.61 Å². The molecule has 1 aromatic heterocycles. The van der Waals surface area contributed by atoms with Gasteiger partial charge in [-0.3, -0.25) is 4.79 Å². The molecular formula is C21H19N3O3. The van der Waals surface area contributed by atoms with Crippen LogP contribution in [0, 0.1) is 5.92 Å². The van der Waals surface area contributed by atoms with Crippen molar-refractivity contribution in [3.8, 4) is 5.69 Å². The summed E-state index contributed by atoms with van der Waals surface area (Å²) in [6.07, 6.45) is 5.46. The normalized spacial score (nSPS) is 13.2. The molecule has 0 aliphatic heterocycles. The van der Waals surface area contributed by atoms with Gasteiger partial charge in [-0.25, -0.2) is 9.48 Å². The average Bonchev–Trinajstić information content (AvgIpc) is 3.41. The molecule has 1 fully saturated rings. The van der Waals surface area contributed by atoms with Gasteiger partial charge >= 0.3 is 5.97 Å². The molecule has 1 aliphatic rings. The van der Waals surface area contributed by atoms with Crippen molar-refractivity contribution in [2.75, 3.05) is 5.32 Å². The largest absolute Gasteiger partial charge is 0.457 e. The van der Waals surface area contributed by atoms with Gasteiger partial charge in [0, 0.05) is 24.0 Å². The Balaban J connectivity index is 1.35. The summed E-state index contributed by atoms with van der Waals surface area (Å²) in [5, 5.41) is 7.01. The minimum absolute atomic E-state index is 0.0118. The fourth-order valence-electron chi connectivity index (χ4n) is 2.71. The topological polar surface area (TPSA) is 73.2 Å². The van der Waals surface area contributed by atoms with Crippen molar-refractivity contribution in [2.24, 2.45) is 5.92 Å². The van der Waals surface area contributed by atoms with Crippen LogP contribution in [0.4, 0.5) is 5.69 Å². The molecule has 0 bridgehead atoms. The van der Waals surface area contributed by atoms with Gasteiger partial charge in [-0.15, -0.1) is 0 Å². The number of rotatable bonds is 6. The molecule has 4 rings (SSSR count). The number of ether oxygens (including phenoxy) is 1. The van der Waals surface area contributed by atoms with Crippen molar-refractivity contribution in [3.05, 3.63) is 78.1 Å². The van der Waals surface area contributed by atoms with Gasteiger partial charge in [0.25, 0.3) is 0 Å². The van der Waals surface area contributed by atoms with Crippen LogP contribution >= 0.6 is 0 Å². The minimum Gasteiger partial charge on any atom is -0.457 e. The smallest absolute Gasteiger partial charge is 0.338 e. The molecule has 0 saturated heterocycles. The molecule has 0 spiro atoms. The van der Waals surface area contributed by atoms with Crippen LogP contribution in [0.1, 0.15) is 28.8 Å². The highest BCUT2D eigenvalue weighted by Gasteiger charge is 2.29. The van der Waals surface area contributed by atoms with Crippen molar-refractivity contribution in [1.29, 1.82) is 0 Å². The lowest BCUT2D eigenvalue weighted by atomic mass is 10.2. The van der Waals surface area contributed by atoms with E-state index in [1.807, 2.05) is 36.5 Å². The number of anilines is 1. The Bertz CT molecular complexity index is 945. The van der Waals surface area contributed by atoms with E-state index >= 15 is 0 Å². The van der Waals surface area contributed by atoms with Crippen LogP contribution in [-0.2, 0) is 16.1 Å². The van der Waals surface area contributed by atoms with Crippen LogP contribution in [-0.4, -0.2) is 21.7 Å². The van der Waals surface area contributed by atoms with Crippen LogP contribution in [0.3, 0.4) is 0 Å². The number of nitrogens with zero attached hydrogens (tertiary/aromatic N) is 2. The maximum Gasteiger partial charge on any atom is 0.338 e. The summed E-state index contributed by atoms with van der Waals surface area (Å²) < 4.78 is 7.15. The van der Waals surface area contributed by atoms with Crippen LogP contribution in [0.25, 0.3) is 5.69 Å². The standard InChI is InChI=1S/C21H19N3O3/c25-20(16-7-8-16)23-18-4-1-3-17(13-18)21(26)27-14-15-5-9-19(10-6-15)24-12-2-11-22-24/h1-6,9-13,16H,7-8,14H2,(H,23,25). The lowest BCUT2D eigenvalue weighted by molar-refractivity contribution is -0.117. The average molecular weight is 361 g/mol. The van der Waals surface area contributed by atoms with Gasteiger partial charge in [0.15, 0.2) is 0 Å². The molecule has 1 heterocycles. The molecule has 3 aromatic rings. The highest BCUT2D eigenvalue weighted by Crippen LogP contribution is 2.30. The number of hydrogen-bond donors (Lipinski definition) is 1. The third kappa shape index (κ3) is 4.23. The zero-order valence-electron chi connectivity index (χ0n) is 14.7. The summed E-state index contributed by atoms with van der Waals surface area (Å²) in [6.45, 7) is 0.177. The van der Waals surface area contributed by atoms with Crippen molar-refractivity contribution in [2.45, 2.75) is 19.4 Å². The van der Waals surface area contributed by atoms with Gasteiger partial charge < -0.3 is 10.1 Å². The van der Waals surface area contributed by atoms with Crippen LogP contribution in [0.2, 0.25) is 0 Å². The summed E-state index contributed by atoms with van der Waals surface area (Å²) >= 11 is 0. The molecule has 27 heavy (non-hydrogen) atoms. The summed E-state index contributed by atoms with van der Waals surface area (Å²) in [7, 11) is 0. The van der Waals surface area contributed by atoms with Gasteiger partial charge in [-0.2, -0.15) is 5.10 Å². The van der Waals surface area contributed by atoms with E-state index in [0.717, 1.165) is 24.1 Å². The second-order valence-corrected chi connectivity index (χ2v) is 6.54. The molecule has 0 unspecified atom stereocenters. The van der Waals surface area contributed by atoms with E-state index in [4.69, 9.17) is 4.74 Å². The number of hydrogen-bond acceptors (Lipinski definition) is 4. The zero-order chi connectivity index (χ0) is 18.6. The maximum absolute atomic E-state index is 12.3. The number of nitrogens with one attached hydrogen (secondary N) is 1. The van der Waals surface area contributed by atoms with Crippen molar-refractivity contribution in [1.82, 2.24) is 9.78 Å². The van der Waals surface area contributed by atoms with Gasteiger partial charge in [0.2, 0.25) is 5.91 Å². The Morgan fingerprint density at radius 2 is 1.93 bits per heavy atom. The molecule has 6 nitrogen and oxygen atoms in total. The quantitative estimate of drug-likeness (QED) is 0.681. The Labute approximate surface area is 156 Å². The third-order valence-corrected chi connectivity index (χ3v) is 4.39. The summed E-state index contributed by atoms with van der Waals surface area (Å²) in [5.74, 6) is -0.295. The number of amides is 1. The number of esters is 1. The summed E-state index contributed by atoms with van der Waals surface area (Å²) in [5.41, 5.74) is 2.85. The number of aromatic nitrogens is 2. The minimum atomic E-state index is -0.423. The van der Waals surface area contributed by atoms with Crippen molar-refractivity contribution >= 4 is 17.6 Å². The molecule has 1 N–H and O–H groups in total. The van der Waals surface area contributed by atoms with E-state index in [9.17, 15) is 9.59 Å². The van der Waals surface area contributed by atoms with Crippen molar-refractivity contribution in [3.63, 3.8) is 0 Å². The van der Waals surface area contributed by atoms with E-state index in [1.54, 1.807) is 35.1 Å². The molecule has 1 aliphatic carbocycles.